The quantitative estimate of drug-likeness (QED) is 0.168. The second-order valence-corrected chi connectivity index (χ2v) is 16.8. The van der Waals surface area contributed by atoms with Crippen molar-refractivity contribution in [3.8, 4) is 39.6 Å². The minimum atomic E-state index is 0.212. The third kappa shape index (κ3) is 6.03. The molecule has 7 aromatic carbocycles. The Balaban J connectivity index is 0.923. The van der Waals surface area contributed by atoms with Crippen LogP contribution in [-0.4, -0.2) is 27.7 Å². The Bertz CT molecular complexity index is 3210. The zero-order valence-corrected chi connectivity index (χ0v) is 34.5. The molecule has 0 spiro atoms. The fourth-order valence-electron chi connectivity index (χ4n) is 10.3. The highest BCUT2D eigenvalue weighted by molar-refractivity contribution is 6.09. The van der Waals surface area contributed by atoms with Gasteiger partial charge in [-0.3, -0.25) is 0 Å². The predicted molar refractivity (Wildman–Crippen MR) is 254 cm³/mol. The van der Waals surface area contributed by atoms with E-state index in [1.165, 1.54) is 60.8 Å². The van der Waals surface area contributed by atoms with Gasteiger partial charge in [-0.25, -0.2) is 9.97 Å². The molecule has 5 nitrogen and oxygen atoms in total. The van der Waals surface area contributed by atoms with E-state index >= 15 is 0 Å². The molecular weight excluding hydrogens is 757 g/mol. The topological polar surface area (TPSA) is 43.2 Å². The van der Waals surface area contributed by atoms with E-state index in [2.05, 4.69) is 198 Å². The summed E-state index contributed by atoms with van der Waals surface area (Å²) in [5, 5.41) is 5.05. The lowest BCUT2D eigenvalue weighted by molar-refractivity contribution is 0.160. The maximum atomic E-state index is 6.02. The number of nitrogens with zero attached hydrogens (tertiary/aromatic N) is 4. The van der Waals surface area contributed by atoms with Gasteiger partial charge in [0.05, 0.1) is 34.7 Å². The Morgan fingerprint density at radius 3 is 2.05 bits per heavy atom. The molecule has 0 saturated heterocycles. The number of benzene rings is 7. The van der Waals surface area contributed by atoms with Crippen LogP contribution in [0.25, 0.3) is 72.2 Å². The highest BCUT2D eigenvalue weighted by Gasteiger charge is 2.42. The first-order valence-electron chi connectivity index (χ1n) is 21.8. The number of hydrogen-bond donors (Lipinski definition) is 0. The minimum absolute atomic E-state index is 0.212. The van der Waals surface area contributed by atoms with Crippen LogP contribution in [0.2, 0.25) is 0 Å². The lowest BCUT2D eigenvalue weighted by Gasteiger charge is -2.34. The fourth-order valence-corrected chi connectivity index (χ4v) is 10.3. The van der Waals surface area contributed by atoms with Crippen molar-refractivity contribution in [1.82, 2.24) is 14.5 Å². The molecular formula is C57H44N4O. The third-order valence-electron chi connectivity index (χ3n) is 13.3. The first kappa shape index (κ1) is 36.5. The van der Waals surface area contributed by atoms with Gasteiger partial charge in [0.25, 0.3) is 0 Å². The van der Waals surface area contributed by atoms with Gasteiger partial charge < -0.3 is 14.2 Å². The molecule has 2 aliphatic heterocycles. The summed E-state index contributed by atoms with van der Waals surface area (Å²) < 4.78 is 8.42. The van der Waals surface area contributed by atoms with Crippen LogP contribution in [0.5, 0.6) is 0 Å². The number of ether oxygens (including phenoxy) is 1. The molecule has 0 radical (unpaired) electrons. The number of allylic oxidation sites excluding steroid dienone is 4. The van der Waals surface area contributed by atoms with E-state index in [1.54, 1.807) is 0 Å². The highest BCUT2D eigenvalue weighted by Crippen LogP contribution is 2.53. The molecule has 0 N–H and O–H groups in total. The Kier molecular flexibility index (Phi) is 8.82. The van der Waals surface area contributed by atoms with Crippen LogP contribution in [-0.2, 0) is 4.74 Å². The summed E-state index contributed by atoms with van der Waals surface area (Å²) in [5.41, 5.74) is 15.2. The standard InChI is InChI=1S/C57H44N4O/c1-37-44(28-29-48-47-31-33-62-34-32-55(47)61(56(37)48)52-22-12-18-38-13-8-9-19-45(38)52)42-25-30-54-49(35-42)46-20-10-11-21-53(46)60(54)43-26-23-41(24-27-43)57-58-50(39-14-4-2-5-15-39)36-51(59-57)40-16-6-3-7-17-40/h2-30,32,35-37,44,47H,31,33-34H2,1H3. The molecule has 0 bridgehead atoms. The summed E-state index contributed by atoms with van der Waals surface area (Å²) >= 11 is 0. The number of hydrogen-bond acceptors (Lipinski definition) is 4. The maximum Gasteiger partial charge on any atom is 0.160 e. The molecule has 0 saturated carbocycles. The molecule has 0 amide bonds. The van der Waals surface area contributed by atoms with Crippen LogP contribution in [0.3, 0.4) is 0 Å². The van der Waals surface area contributed by atoms with Crippen LogP contribution >= 0.6 is 0 Å². The molecule has 3 atom stereocenters. The van der Waals surface area contributed by atoms with Crippen molar-refractivity contribution in [2.45, 2.75) is 19.3 Å². The van der Waals surface area contributed by atoms with Gasteiger partial charge in [-0.2, -0.15) is 0 Å². The summed E-state index contributed by atoms with van der Waals surface area (Å²) in [6.45, 7) is 3.84. The molecule has 62 heavy (non-hydrogen) atoms. The molecule has 2 aromatic heterocycles. The number of para-hydroxylation sites is 1. The van der Waals surface area contributed by atoms with Crippen LogP contribution < -0.4 is 4.90 Å². The van der Waals surface area contributed by atoms with E-state index in [0.717, 1.165) is 46.8 Å². The number of anilines is 1. The molecule has 5 heteroatoms. The van der Waals surface area contributed by atoms with Crippen LogP contribution in [0, 0.1) is 11.8 Å². The average Bonchev–Trinajstić information content (AvgIpc) is 3.71. The summed E-state index contributed by atoms with van der Waals surface area (Å²) in [6.07, 6.45) is 8.22. The lowest BCUT2D eigenvalue weighted by Crippen LogP contribution is -2.26. The van der Waals surface area contributed by atoms with Crippen molar-refractivity contribution in [1.29, 1.82) is 0 Å². The average molecular weight is 801 g/mol. The summed E-state index contributed by atoms with van der Waals surface area (Å²) in [7, 11) is 0. The van der Waals surface area contributed by atoms with Crippen molar-refractivity contribution in [2.24, 2.45) is 11.8 Å². The van der Waals surface area contributed by atoms with E-state index in [9.17, 15) is 0 Å². The third-order valence-corrected chi connectivity index (χ3v) is 13.3. The maximum absolute atomic E-state index is 6.02. The van der Waals surface area contributed by atoms with Crippen molar-refractivity contribution >= 4 is 38.3 Å². The summed E-state index contributed by atoms with van der Waals surface area (Å²) in [4.78, 5) is 12.8. The zero-order chi connectivity index (χ0) is 41.1. The largest absolute Gasteiger partial charge is 0.377 e. The molecule has 12 rings (SSSR count). The van der Waals surface area contributed by atoms with Gasteiger partial charge in [0.2, 0.25) is 0 Å². The van der Waals surface area contributed by atoms with Gasteiger partial charge in [-0.1, -0.05) is 140 Å². The van der Waals surface area contributed by atoms with Gasteiger partial charge >= 0.3 is 0 Å². The van der Waals surface area contributed by atoms with Gasteiger partial charge in [-0.05, 0) is 83.6 Å². The molecule has 3 aliphatic rings. The van der Waals surface area contributed by atoms with Crippen LogP contribution in [0.15, 0.2) is 211 Å². The second-order valence-electron chi connectivity index (χ2n) is 16.8. The minimum Gasteiger partial charge on any atom is -0.377 e. The Labute approximate surface area is 361 Å². The molecule has 4 heterocycles. The van der Waals surface area contributed by atoms with E-state index in [4.69, 9.17) is 14.7 Å². The first-order valence-corrected chi connectivity index (χ1v) is 21.8. The molecule has 1 aliphatic carbocycles. The van der Waals surface area contributed by atoms with Gasteiger partial charge in [0, 0.05) is 74.3 Å². The molecule has 298 valence electrons. The molecule has 9 aromatic rings. The molecule has 0 fully saturated rings. The normalized spacial score (nSPS) is 18.6. The van der Waals surface area contributed by atoms with Crippen LogP contribution in [0.1, 0.15) is 24.8 Å². The summed E-state index contributed by atoms with van der Waals surface area (Å²) in [6, 6.07) is 63.0. The van der Waals surface area contributed by atoms with Crippen molar-refractivity contribution < 1.29 is 4.74 Å². The van der Waals surface area contributed by atoms with E-state index < -0.39 is 0 Å². The van der Waals surface area contributed by atoms with Crippen LogP contribution in [0.4, 0.5) is 5.69 Å². The van der Waals surface area contributed by atoms with Gasteiger partial charge in [-0.15, -0.1) is 0 Å². The second kappa shape index (κ2) is 15.0. The Morgan fingerprint density at radius 2 is 1.27 bits per heavy atom. The Hall–Kier alpha value is -7.34. The summed E-state index contributed by atoms with van der Waals surface area (Å²) in [5.74, 6) is 1.50. The van der Waals surface area contributed by atoms with E-state index in [-0.39, 0.29) is 11.8 Å². The number of aromatic nitrogens is 3. The Morgan fingerprint density at radius 1 is 0.597 bits per heavy atom. The van der Waals surface area contributed by atoms with E-state index in [0.29, 0.717) is 18.3 Å². The first-order chi connectivity index (χ1) is 30.7. The smallest absolute Gasteiger partial charge is 0.160 e. The lowest BCUT2D eigenvalue weighted by atomic mass is 9.78. The number of fused-ring (bicyclic) bond motifs is 6. The van der Waals surface area contributed by atoms with Gasteiger partial charge in [0.15, 0.2) is 5.82 Å². The fraction of sp³-hybridized carbons (Fsp3) is 0.123. The zero-order valence-electron chi connectivity index (χ0n) is 34.5. The van der Waals surface area contributed by atoms with E-state index in [1.807, 2.05) is 12.1 Å². The predicted octanol–water partition coefficient (Wildman–Crippen LogP) is 13.7. The monoisotopic (exact) mass is 800 g/mol. The number of rotatable bonds is 6. The van der Waals surface area contributed by atoms with Gasteiger partial charge in [0.1, 0.15) is 0 Å². The van der Waals surface area contributed by atoms with Crippen molar-refractivity contribution in [3.05, 3.63) is 217 Å². The van der Waals surface area contributed by atoms with Crippen molar-refractivity contribution in [2.75, 3.05) is 18.1 Å². The molecule has 3 unspecified atom stereocenters. The van der Waals surface area contributed by atoms with Crippen molar-refractivity contribution in [3.63, 3.8) is 0 Å². The SMILES string of the molecule is CC1C2=C(C=CC1c1ccc3c(c1)c1ccccc1n3-c1ccc(-c3nc(-c4ccccc4)cc(-c4ccccc4)n3)cc1)C1CCOCC=C1N2c1cccc2ccccc12. The highest BCUT2D eigenvalue weighted by atomic mass is 16.5.